The molecule has 0 spiro atoms. The molecule has 1 rings (SSSR count). The van der Waals surface area contributed by atoms with Crippen LogP contribution in [0.1, 0.15) is 11.6 Å². The Morgan fingerprint density at radius 3 is 2.19 bits per heavy atom. The van der Waals surface area contributed by atoms with Gasteiger partial charge < -0.3 is 19.5 Å². The van der Waals surface area contributed by atoms with E-state index in [-0.39, 0.29) is 12.3 Å². The van der Waals surface area contributed by atoms with E-state index in [0.717, 1.165) is 11.3 Å². The van der Waals surface area contributed by atoms with E-state index in [1.807, 2.05) is 31.3 Å². The molecule has 1 atom stereocenters. The molecule has 0 saturated carbocycles. The lowest BCUT2D eigenvalue weighted by atomic mass is 10.1. The van der Waals surface area contributed by atoms with Crippen molar-refractivity contribution in [3.63, 3.8) is 0 Å². The monoisotopic (exact) mass is 225 g/mol. The van der Waals surface area contributed by atoms with Crippen LogP contribution in [0.2, 0.25) is 0 Å². The standard InChI is InChI=1S/C12H19NO3/c1-13-11(12(15-3)16-4)9-7-5-6-8-10(9)14-2/h5-8,11-13H,1-4H3. The second-order valence-corrected chi connectivity index (χ2v) is 3.35. The molecule has 0 heterocycles. The van der Waals surface area contributed by atoms with Crippen LogP contribution in [0.25, 0.3) is 0 Å². The summed E-state index contributed by atoms with van der Waals surface area (Å²) in [6.45, 7) is 0. The third-order valence-corrected chi connectivity index (χ3v) is 2.52. The van der Waals surface area contributed by atoms with Crippen molar-refractivity contribution in [1.29, 1.82) is 0 Å². The highest BCUT2D eigenvalue weighted by Gasteiger charge is 2.23. The van der Waals surface area contributed by atoms with Crippen LogP contribution < -0.4 is 10.1 Å². The van der Waals surface area contributed by atoms with Crippen molar-refractivity contribution in [2.45, 2.75) is 12.3 Å². The molecule has 0 amide bonds. The summed E-state index contributed by atoms with van der Waals surface area (Å²) >= 11 is 0. The SMILES string of the molecule is CNC(c1ccccc1OC)C(OC)OC. The van der Waals surface area contributed by atoms with E-state index in [1.165, 1.54) is 0 Å². The summed E-state index contributed by atoms with van der Waals surface area (Å²) in [4.78, 5) is 0. The number of methoxy groups -OCH3 is 3. The predicted molar refractivity (Wildman–Crippen MR) is 62.6 cm³/mol. The second-order valence-electron chi connectivity index (χ2n) is 3.35. The topological polar surface area (TPSA) is 39.7 Å². The summed E-state index contributed by atoms with van der Waals surface area (Å²) in [5.74, 6) is 0.820. The minimum atomic E-state index is -0.346. The summed E-state index contributed by atoms with van der Waals surface area (Å²) in [5, 5.41) is 3.16. The fourth-order valence-corrected chi connectivity index (χ4v) is 1.73. The van der Waals surface area contributed by atoms with Gasteiger partial charge in [-0.15, -0.1) is 0 Å². The molecular formula is C12H19NO3. The Hall–Kier alpha value is -1.10. The van der Waals surface area contributed by atoms with E-state index in [0.29, 0.717) is 0 Å². The second kappa shape index (κ2) is 6.48. The van der Waals surface area contributed by atoms with Gasteiger partial charge in [-0.25, -0.2) is 0 Å². The van der Waals surface area contributed by atoms with E-state index in [2.05, 4.69) is 5.32 Å². The number of para-hydroxylation sites is 1. The first kappa shape index (κ1) is 13.0. The largest absolute Gasteiger partial charge is 0.496 e. The first-order valence-corrected chi connectivity index (χ1v) is 5.14. The van der Waals surface area contributed by atoms with Gasteiger partial charge in [0.1, 0.15) is 5.75 Å². The molecule has 1 unspecified atom stereocenters. The van der Waals surface area contributed by atoms with Crippen LogP contribution in [0.3, 0.4) is 0 Å². The summed E-state index contributed by atoms with van der Waals surface area (Å²) in [7, 11) is 6.75. The molecule has 0 aliphatic carbocycles. The number of rotatable bonds is 6. The lowest BCUT2D eigenvalue weighted by Gasteiger charge is -2.25. The van der Waals surface area contributed by atoms with Crippen molar-refractivity contribution < 1.29 is 14.2 Å². The van der Waals surface area contributed by atoms with Gasteiger partial charge >= 0.3 is 0 Å². The smallest absolute Gasteiger partial charge is 0.176 e. The van der Waals surface area contributed by atoms with Crippen LogP contribution in [0, 0.1) is 0 Å². The maximum absolute atomic E-state index is 5.32. The summed E-state index contributed by atoms with van der Waals surface area (Å²) in [6.07, 6.45) is -0.346. The fraction of sp³-hybridized carbons (Fsp3) is 0.500. The molecule has 1 aromatic carbocycles. The molecule has 16 heavy (non-hydrogen) atoms. The number of ether oxygens (including phenoxy) is 3. The van der Waals surface area contributed by atoms with Crippen LogP contribution in [-0.2, 0) is 9.47 Å². The van der Waals surface area contributed by atoms with Crippen molar-refractivity contribution in [2.75, 3.05) is 28.4 Å². The highest BCUT2D eigenvalue weighted by Crippen LogP contribution is 2.27. The third-order valence-electron chi connectivity index (χ3n) is 2.52. The van der Waals surface area contributed by atoms with E-state index >= 15 is 0 Å². The molecule has 1 aromatic rings. The van der Waals surface area contributed by atoms with E-state index in [9.17, 15) is 0 Å². The number of benzene rings is 1. The Morgan fingerprint density at radius 1 is 1.06 bits per heavy atom. The summed E-state index contributed by atoms with van der Waals surface area (Å²) in [5.41, 5.74) is 1.02. The molecule has 0 aromatic heterocycles. The van der Waals surface area contributed by atoms with Crippen LogP contribution in [-0.4, -0.2) is 34.7 Å². The van der Waals surface area contributed by atoms with Gasteiger partial charge in [0.15, 0.2) is 6.29 Å². The van der Waals surface area contributed by atoms with Crippen LogP contribution in [0.5, 0.6) is 5.75 Å². The lowest BCUT2D eigenvalue weighted by molar-refractivity contribution is -0.123. The Balaban J connectivity index is 3.02. The molecular weight excluding hydrogens is 206 g/mol. The first-order valence-electron chi connectivity index (χ1n) is 5.14. The van der Waals surface area contributed by atoms with Crippen LogP contribution in [0.4, 0.5) is 0 Å². The van der Waals surface area contributed by atoms with Gasteiger partial charge in [0.05, 0.1) is 13.2 Å². The molecule has 0 aliphatic rings. The number of hydrogen-bond donors (Lipinski definition) is 1. The van der Waals surface area contributed by atoms with Crippen molar-refractivity contribution in [3.8, 4) is 5.75 Å². The molecule has 0 radical (unpaired) electrons. The molecule has 4 nitrogen and oxygen atoms in total. The average Bonchev–Trinajstić information content (AvgIpc) is 2.35. The summed E-state index contributed by atoms with van der Waals surface area (Å²) in [6, 6.07) is 7.74. The Morgan fingerprint density at radius 2 is 1.69 bits per heavy atom. The molecule has 1 N–H and O–H groups in total. The quantitative estimate of drug-likeness (QED) is 0.746. The molecule has 0 bridgehead atoms. The van der Waals surface area contributed by atoms with Gasteiger partial charge in [0, 0.05) is 19.8 Å². The van der Waals surface area contributed by atoms with Crippen molar-refractivity contribution in [3.05, 3.63) is 29.8 Å². The minimum absolute atomic E-state index is 0.0638. The highest BCUT2D eigenvalue weighted by molar-refractivity contribution is 5.36. The van der Waals surface area contributed by atoms with Gasteiger partial charge in [-0.3, -0.25) is 0 Å². The zero-order valence-corrected chi connectivity index (χ0v) is 10.2. The van der Waals surface area contributed by atoms with Gasteiger partial charge in [-0.2, -0.15) is 0 Å². The third kappa shape index (κ3) is 2.72. The maximum atomic E-state index is 5.32. The van der Waals surface area contributed by atoms with Crippen molar-refractivity contribution in [1.82, 2.24) is 5.32 Å². The summed E-state index contributed by atoms with van der Waals surface area (Å²) < 4.78 is 15.8. The van der Waals surface area contributed by atoms with E-state index in [1.54, 1.807) is 21.3 Å². The Labute approximate surface area is 96.5 Å². The lowest BCUT2D eigenvalue weighted by Crippen LogP contribution is -2.32. The minimum Gasteiger partial charge on any atom is -0.496 e. The molecule has 0 saturated heterocycles. The maximum Gasteiger partial charge on any atom is 0.176 e. The van der Waals surface area contributed by atoms with E-state index in [4.69, 9.17) is 14.2 Å². The average molecular weight is 225 g/mol. The predicted octanol–water partition coefficient (Wildman–Crippen LogP) is 1.57. The molecule has 0 aliphatic heterocycles. The molecule has 90 valence electrons. The zero-order valence-electron chi connectivity index (χ0n) is 10.2. The van der Waals surface area contributed by atoms with Crippen LogP contribution in [0.15, 0.2) is 24.3 Å². The van der Waals surface area contributed by atoms with Gasteiger partial charge in [0.25, 0.3) is 0 Å². The van der Waals surface area contributed by atoms with Gasteiger partial charge in [-0.1, -0.05) is 18.2 Å². The number of likely N-dealkylation sites (N-methyl/N-ethyl adjacent to an activating group) is 1. The van der Waals surface area contributed by atoms with Crippen molar-refractivity contribution >= 4 is 0 Å². The molecule has 0 fully saturated rings. The molecule has 4 heteroatoms. The number of nitrogens with one attached hydrogen (secondary N) is 1. The fourth-order valence-electron chi connectivity index (χ4n) is 1.73. The highest BCUT2D eigenvalue weighted by atomic mass is 16.7. The normalized spacial score (nSPS) is 12.8. The first-order chi connectivity index (χ1) is 7.78. The van der Waals surface area contributed by atoms with Gasteiger partial charge in [-0.05, 0) is 13.1 Å². The van der Waals surface area contributed by atoms with Gasteiger partial charge in [0.2, 0.25) is 0 Å². The Kier molecular flexibility index (Phi) is 5.25. The van der Waals surface area contributed by atoms with E-state index < -0.39 is 0 Å². The van der Waals surface area contributed by atoms with Crippen LogP contribution >= 0.6 is 0 Å². The van der Waals surface area contributed by atoms with Crippen molar-refractivity contribution in [2.24, 2.45) is 0 Å². The number of hydrogen-bond acceptors (Lipinski definition) is 4. The Bertz CT molecular complexity index is 313. The zero-order chi connectivity index (χ0) is 12.0.